The molecule has 2 amide bonds. The Kier molecular flexibility index (Phi) is 7.67. The van der Waals surface area contributed by atoms with E-state index in [4.69, 9.17) is 0 Å². The summed E-state index contributed by atoms with van der Waals surface area (Å²) in [6.07, 6.45) is 6.66. The number of sulfonamides is 1. The van der Waals surface area contributed by atoms with Crippen LogP contribution in [0, 0.1) is 32.6 Å². The fourth-order valence-electron chi connectivity index (χ4n) is 6.24. The largest absolute Gasteiger partial charge is 0.342 e. The van der Waals surface area contributed by atoms with Crippen molar-refractivity contribution >= 4 is 21.8 Å². The van der Waals surface area contributed by atoms with Gasteiger partial charge in [0.2, 0.25) is 21.8 Å². The highest BCUT2D eigenvalue weighted by Gasteiger charge is 2.34. The van der Waals surface area contributed by atoms with Gasteiger partial charge in [-0.1, -0.05) is 37.0 Å². The summed E-state index contributed by atoms with van der Waals surface area (Å²) in [5, 5.41) is 0. The van der Waals surface area contributed by atoms with Gasteiger partial charge in [-0.25, -0.2) is 8.42 Å². The van der Waals surface area contributed by atoms with Crippen LogP contribution in [0.1, 0.15) is 61.6 Å². The number of aryl methyl sites for hydroxylation is 3. The molecule has 1 aromatic carbocycles. The van der Waals surface area contributed by atoms with Gasteiger partial charge in [0.25, 0.3) is 0 Å². The molecule has 8 heteroatoms. The summed E-state index contributed by atoms with van der Waals surface area (Å²) in [6.45, 7) is 8.60. The molecule has 0 radical (unpaired) electrons. The highest BCUT2D eigenvalue weighted by molar-refractivity contribution is 7.89. The SMILES string of the molecule is Cc1cc(C)c(S(=O)(=O)N2CCN(C(=O)CCC(=O)N3CCC4CCCCC4C3)CC2)c(C)c1. The zero-order chi connectivity index (χ0) is 24.5. The van der Waals surface area contributed by atoms with E-state index in [2.05, 4.69) is 0 Å². The molecule has 0 bridgehead atoms. The third-order valence-corrected chi connectivity index (χ3v) is 10.2. The molecule has 2 unspecified atom stereocenters. The highest BCUT2D eigenvalue weighted by atomic mass is 32.2. The monoisotopic (exact) mass is 489 g/mol. The minimum atomic E-state index is -3.60. The minimum absolute atomic E-state index is 0.0550. The highest BCUT2D eigenvalue weighted by Crippen LogP contribution is 2.36. The van der Waals surface area contributed by atoms with Crippen LogP contribution >= 0.6 is 0 Å². The number of likely N-dealkylation sites (tertiary alicyclic amines) is 1. The summed E-state index contributed by atoms with van der Waals surface area (Å²) < 4.78 is 28.0. The maximum Gasteiger partial charge on any atom is 0.243 e. The molecule has 34 heavy (non-hydrogen) atoms. The molecule has 0 aromatic heterocycles. The van der Waals surface area contributed by atoms with Gasteiger partial charge in [-0.05, 0) is 56.6 Å². The average molecular weight is 490 g/mol. The number of hydrogen-bond acceptors (Lipinski definition) is 4. The standard InChI is InChI=1S/C26H39N3O4S/c1-19-16-20(2)26(21(3)17-19)34(32,33)29-14-12-27(13-15-29)24(30)8-9-25(31)28-11-10-22-6-4-5-7-23(22)18-28/h16-17,22-23H,4-15,18H2,1-3H3. The van der Waals surface area contributed by atoms with Gasteiger partial charge in [0, 0.05) is 52.1 Å². The van der Waals surface area contributed by atoms with Crippen LogP contribution in [-0.4, -0.2) is 73.6 Å². The fraction of sp³-hybridized carbons (Fsp3) is 0.692. The minimum Gasteiger partial charge on any atom is -0.342 e. The van der Waals surface area contributed by atoms with Gasteiger partial charge in [0.1, 0.15) is 0 Å². The topological polar surface area (TPSA) is 78.0 Å². The van der Waals surface area contributed by atoms with E-state index in [1.54, 1.807) is 4.90 Å². The maximum absolute atomic E-state index is 13.3. The zero-order valence-electron chi connectivity index (χ0n) is 20.9. The smallest absolute Gasteiger partial charge is 0.243 e. The second-order valence-corrected chi connectivity index (χ2v) is 12.3. The molecule has 0 N–H and O–H groups in total. The van der Waals surface area contributed by atoms with Crippen molar-refractivity contribution in [3.8, 4) is 0 Å². The number of amides is 2. The van der Waals surface area contributed by atoms with Gasteiger partial charge in [0.05, 0.1) is 4.90 Å². The molecule has 2 heterocycles. The molecule has 2 aliphatic heterocycles. The molecule has 2 saturated heterocycles. The molecule has 4 rings (SSSR count). The van der Waals surface area contributed by atoms with E-state index in [1.807, 2.05) is 37.8 Å². The lowest BCUT2D eigenvalue weighted by Gasteiger charge is -2.41. The Hall–Kier alpha value is -1.93. The Morgan fingerprint density at radius 2 is 1.35 bits per heavy atom. The Labute approximate surface area is 204 Å². The van der Waals surface area contributed by atoms with Gasteiger partial charge in [-0.3, -0.25) is 9.59 Å². The number of nitrogens with zero attached hydrogens (tertiary/aromatic N) is 3. The first-order chi connectivity index (χ1) is 16.2. The summed E-state index contributed by atoms with van der Waals surface area (Å²) in [5.74, 6) is 1.45. The van der Waals surface area contributed by atoms with Gasteiger partial charge in [0.15, 0.2) is 0 Å². The molecule has 1 saturated carbocycles. The van der Waals surface area contributed by atoms with E-state index in [0.717, 1.165) is 42.1 Å². The lowest BCUT2D eigenvalue weighted by Crippen LogP contribution is -2.51. The van der Waals surface area contributed by atoms with Crippen molar-refractivity contribution in [2.45, 2.75) is 70.6 Å². The van der Waals surface area contributed by atoms with E-state index in [9.17, 15) is 18.0 Å². The van der Waals surface area contributed by atoms with Crippen LogP contribution < -0.4 is 0 Å². The van der Waals surface area contributed by atoms with Crippen molar-refractivity contribution < 1.29 is 18.0 Å². The lowest BCUT2D eigenvalue weighted by molar-refractivity contribution is -0.139. The molecule has 188 valence electrons. The Morgan fingerprint density at radius 3 is 1.97 bits per heavy atom. The second kappa shape index (κ2) is 10.4. The normalized spacial score (nSPS) is 24.1. The average Bonchev–Trinajstić information content (AvgIpc) is 2.81. The molecular formula is C26H39N3O4S. The van der Waals surface area contributed by atoms with Crippen molar-refractivity contribution in [3.63, 3.8) is 0 Å². The van der Waals surface area contributed by atoms with Crippen molar-refractivity contribution in [2.75, 3.05) is 39.3 Å². The molecule has 3 aliphatic rings. The van der Waals surface area contributed by atoms with E-state index in [0.29, 0.717) is 23.9 Å². The van der Waals surface area contributed by atoms with Gasteiger partial charge in [-0.2, -0.15) is 4.31 Å². The van der Waals surface area contributed by atoms with Crippen molar-refractivity contribution in [3.05, 3.63) is 28.8 Å². The van der Waals surface area contributed by atoms with Crippen LogP contribution in [0.25, 0.3) is 0 Å². The van der Waals surface area contributed by atoms with Crippen LogP contribution in [0.15, 0.2) is 17.0 Å². The number of piperazine rings is 1. The summed E-state index contributed by atoms with van der Waals surface area (Å²) in [7, 11) is -3.60. The summed E-state index contributed by atoms with van der Waals surface area (Å²) in [4.78, 5) is 29.6. The zero-order valence-corrected chi connectivity index (χ0v) is 21.7. The van der Waals surface area contributed by atoms with Gasteiger partial charge in [-0.15, -0.1) is 0 Å². The predicted octanol–water partition coefficient (Wildman–Crippen LogP) is 3.26. The first-order valence-corrected chi connectivity index (χ1v) is 14.2. The molecule has 3 fully saturated rings. The first-order valence-electron chi connectivity index (χ1n) is 12.8. The third-order valence-electron chi connectivity index (χ3n) is 7.99. The molecule has 1 aliphatic carbocycles. The van der Waals surface area contributed by atoms with Crippen LogP contribution in [0.2, 0.25) is 0 Å². The maximum atomic E-state index is 13.3. The van der Waals surface area contributed by atoms with Crippen LogP contribution in [0.3, 0.4) is 0 Å². The third kappa shape index (κ3) is 5.33. The van der Waals surface area contributed by atoms with Gasteiger partial charge >= 0.3 is 0 Å². The van der Waals surface area contributed by atoms with Gasteiger partial charge < -0.3 is 9.80 Å². The molecule has 0 spiro atoms. The fourth-order valence-corrected chi connectivity index (χ4v) is 8.07. The summed E-state index contributed by atoms with van der Waals surface area (Å²) in [5.41, 5.74) is 2.56. The number of benzene rings is 1. The number of fused-ring (bicyclic) bond motifs is 1. The first kappa shape index (κ1) is 25.2. The number of carbonyl (C=O) groups is 2. The Bertz CT molecular complexity index is 1010. The van der Waals surface area contributed by atoms with E-state index in [-0.39, 0.29) is 37.7 Å². The molecule has 7 nitrogen and oxygen atoms in total. The van der Waals surface area contributed by atoms with E-state index >= 15 is 0 Å². The van der Waals surface area contributed by atoms with Crippen LogP contribution in [-0.2, 0) is 19.6 Å². The predicted molar refractivity (Wildman–Crippen MR) is 132 cm³/mol. The molecule has 1 aromatic rings. The quantitative estimate of drug-likeness (QED) is 0.636. The van der Waals surface area contributed by atoms with E-state index in [1.165, 1.54) is 30.0 Å². The lowest BCUT2D eigenvalue weighted by atomic mass is 9.75. The molecule has 2 atom stereocenters. The molecular weight excluding hydrogens is 450 g/mol. The Balaban J connectivity index is 1.27. The van der Waals surface area contributed by atoms with Crippen LogP contribution in [0.4, 0.5) is 0 Å². The number of piperidine rings is 1. The van der Waals surface area contributed by atoms with Crippen molar-refractivity contribution in [1.29, 1.82) is 0 Å². The van der Waals surface area contributed by atoms with Crippen molar-refractivity contribution in [1.82, 2.24) is 14.1 Å². The number of carbonyl (C=O) groups excluding carboxylic acids is 2. The van der Waals surface area contributed by atoms with Crippen LogP contribution in [0.5, 0.6) is 0 Å². The second-order valence-electron chi connectivity index (χ2n) is 10.4. The summed E-state index contributed by atoms with van der Waals surface area (Å²) >= 11 is 0. The number of rotatable bonds is 5. The van der Waals surface area contributed by atoms with Crippen molar-refractivity contribution in [2.24, 2.45) is 11.8 Å². The summed E-state index contributed by atoms with van der Waals surface area (Å²) in [6, 6.07) is 3.79. The number of hydrogen-bond donors (Lipinski definition) is 0. The Morgan fingerprint density at radius 1 is 0.794 bits per heavy atom. The van der Waals surface area contributed by atoms with E-state index < -0.39 is 10.0 Å².